The van der Waals surface area contributed by atoms with Gasteiger partial charge in [0, 0.05) is 12.6 Å². The second kappa shape index (κ2) is 4.94. The molecule has 0 aromatic rings. The standard InChI is InChI=1S/C11H21NO3/c1-11(2,3)15-10(14)4-5-12-8-6-9(13)7-8/h8-9,12-13H,4-7H2,1-3H3. The molecule has 4 heteroatoms. The van der Waals surface area contributed by atoms with Crippen molar-refractivity contribution >= 4 is 5.97 Å². The first kappa shape index (κ1) is 12.5. The van der Waals surface area contributed by atoms with E-state index in [1.807, 2.05) is 20.8 Å². The van der Waals surface area contributed by atoms with Crippen LogP contribution in [-0.4, -0.2) is 35.4 Å². The molecule has 0 aromatic heterocycles. The van der Waals surface area contributed by atoms with Crippen LogP contribution in [0.2, 0.25) is 0 Å². The summed E-state index contributed by atoms with van der Waals surface area (Å²) in [4.78, 5) is 11.3. The Bertz CT molecular complexity index is 216. The maximum atomic E-state index is 11.3. The number of rotatable bonds is 4. The highest BCUT2D eigenvalue weighted by Gasteiger charge is 2.26. The monoisotopic (exact) mass is 215 g/mol. The Labute approximate surface area is 91.0 Å². The molecule has 0 aliphatic heterocycles. The van der Waals surface area contributed by atoms with Crippen molar-refractivity contribution in [1.82, 2.24) is 5.32 Å². The van der Waals surface area contributed by atoms with Crippen molar-refractivity contribution in [3.8, 4) is 0 Å². The zero-order chi connectivity index (χ0) is 11.5. The number of carbonyl (C=O) groups excluding carboxylic acids is 1. The zero-order valence-electron chi connectivity index (χ0n) is 9.75. The van der Waals surface area contributed by atoms with E-state index in [0.717, 1.165) is 12.8 Å². The van der Waals surface area contributed by atoms with Crippen molar-refractivity contribution in [3.05, 3.63) is 0 Å². The first-order valence-corrected chi connectivity index (χ1v) is 5.50. The summed E-state index contributed by atoms with van der Waals surface area (Å²) in [5, 5.41) is 12.3. The molecule has 1 aliphatic carbocycles. The first-order chi connectivity index (χ1) is 6.87. The minimum Gasteiger partial charge on any atom is -0.460 e. The van der Waals surface area contributed by atoms with Crippen LogP contribution >= 0.6 is 0 Å². The van der Waals surface area contributed by atoms with Crippen LogP contribution in [-0.2, 0) is 9.53 Å². The third-order valence-electron chi connectivity index (χ3n) is 2.30. The molecule has 1 fully saturated rings. The van der Waals surface area contributed by atoms with E-state index in [4.69, 9.17) is 9.84 Å². The van der Waals surface area contributed by atoms with Gasteiger partial charge in [-0.2, -0.15) is 0 Å². The summed E-state index contributed by atoms with van der Waals surface area (Å²) < 4.78 is 5.16. The average molecular weight is 215 g/mol. The van der Waals surface area contributed by atoms with Crippen molar-refractivity contribution < 1.29 is 14.6 Å². The van der Waals surface area contributed by atoms with Gasteiger partial charge in [-0.25, -0.2) is 0 Å². The molecule has 15 heavy (non-hydrogen) atoms. The molecule has 0 amide bonds. The number of esters is 1. The molecule has 1 saturated carbocycles. The lowest BCUT2D eigenvalue weighted by Gasteiger charge is -2.32. The molecule has 2 N–H and O–H groups in total. The Balaban J connectivity index is 2.02. The van der Waals surface area contributed by atoms with Crippen molar-refractivity contribution in [3.63, 3.8) is 0 Å². The molecule has 1 rings (SSSR count). The summed E-state index contributed by atoms with van der Waals surface area (Å²) in [6.45, 7) is 6.22. The molecule has 88 valence electrons. The molecule has 0 saturated heterocycles. The van der Waals surface area contributed by atoms with Gasteiger partial charge in [0.25, 0.3) is 0 Å². The van der Waals surface area contributed by atoms with Crippen molar-refractivity contribution in [2.24, 2.45) is 0 Å². The number of aliphatic hydroxyl groups excluding tert-OH is 1. The van der Waals surface area contributed by atoms with Crippen LogP contribution in [0.5, 0.6) is 0 Å². The van der Waals surface area contributed by atoms with E-state index in [2.05, 4.69) is 5.32 Å². The predicted octanol–water partition coefficient (Wildman–Crippen LogP) is 0.831. The van der Waals surface area contributed by atoms with Crippen LogP contribution in [0, 0.1) is 0 Å². The van der Waals surface area contributed by atoms with E-state index in [9.17, 15) is 4.79 Å². The van der Waals surface area contributed by atoms with E-state index in [0.29, 0.717) is 19.0 Å². The maximum absolute atomic E-state index is 11.3. The van der Waals surface area contributed by atoms with Gasteiger partial charge >= 0.3 is 5.97 Å². The zero-order valence-corrected chi connectivity index (χ0v) is 9.75. The van der Waals surface area contributed by atoms with E-state index < -0.39 is 5.60 Å². The van der Waals surface area contributed by atoms with Crippen molar-refractivity contribution in [2.45, 2.75) is 57.8 Å². The number of nitrogens with one attached hydrogen (secondary N) is 1. The molecule has 0 heterocycles. The second-order valence-corrected chi connectivity index (χ2v) is 5.11. The van der Waals surface area contributed by atoms with E-state index in [1.165, 1.54) is 0 Å². The van der Waals surface area contributed by atoms with Crippen LogP contribution in [0.15, 0.2) is 0 Å². The number of hydrogen-bond donors (Lipinski definition) is 2. The van der Waals surface area contributed by atoms with Crippen LogP contribution in [0.3, 0.4) is 0 Å². The molecule has 0 unspecified atom stereocenters. The lowest BCUT2D eigenvalue weighted by atomic mass is 9.89. The smallest absolute Gasteiger partial charge is 0.307 e. The molecule has 0 radical (unpaired) electrons. The Kier molecular flexibility index (Phi) is 4.11. The summed E-state index contributed by atoms with van der Waals surface area (Å²) >= 11 is 0. The SMILES string of the molecule is CC(C)(C)OC(=O)CCNC1CC(O)C1. The number of ether oxygens (including phenoxy) is 1. The largest absolute Gasteiger partial charge is 0.460 e. The third-order valence-corrected chi connectivity index (χ3v) is 2.30. The van der Waals surface area contributed by atoms with Crippen LogP contribution in [0.1, 0.15) is 40.0 Å². The minimum absolute atomic E-state index is 0.149. The van der Waals surface area contributed by atoms with Crippen molar-refractivity contribution in [2.75, 3.05) is 6.54 Å². The summed E-state index contributed by atoms with van der Waals surface area (Å²) in [7, 11) is 0. The second-order valence-electron chi connectivity index (χ2n) is 5.11. The summed E-state index contributed by atoms with van der Waals surface area (Å²) in [5.74, 6) is -0.171. The fourth-order valence-electron chi connectivity index (χ4n) is 1.53. The summed E-state index contributed by atoms with van der Waals surface area (Å²) in [5.41, 5.74) is -0.399. The summed E-state index contributed by atoms with van der Waals surface area (Å²) in [6, 6.07) is 0.377. The lowest BCUT2D eigenvalue weighted by molar-refractivity contribution is -0.154. The van der Waals surface area contributed by atoms with Gasteiger partial charge in [0.1, 0.15) is 5.60 Å². The lowest BCUT2D eigenvalue weighted by Crippen LogP contribution is -2.44. The molecule has 0 spiro atoms. The molecule has 1 aliphatic rings. The van der Waals surface area contributed by atoms with Crippen LogP contribution in [0.25, 0.3) is 0 Å². The Morgan fingerprint density at radius 1 is 1.47 bits per heavy atom. The Morgan fingerprint density at radius 2 is 2.07 bits per heavy atom. The van der Waals surface area contributed by atoms with Gasteiger partial charge in [-0.05, 0) is 33.6 Å². The van der Waals surface area contributed by atoms with E-state index in [1.54, 1.807) is 0 Å². The van der Waals surface area contributed by atoms with Gasteiger partial charge in [-0.1, -0.05) is 0 Å². The third kappa shape index (κ3) is 5.14. The molecule has 0 atom stereocenters. The number of aliphatic hydroxyl groups is 1. The molecule has 4 nitrogen and oxygen atoms in total. The highest BCUT2D eigenvalue weighted by molar-refractivity contribution is 5.70. The van der Waals surface area contributed by atoms with Crippen molar-refractivity contribution in [1.29, 1.82) is 0 Å². The van der Waals surface area contributed by atoms with Gasteiger partial charge in [0.2, 0.25) is 0 Å². The molecular weight excluding hydrogens is 194 g/mol. The fourth-order valence-corrected chi connectivity index (χ4v) is 1.53. The summed E-state index contributed by atoms with van der Waals surface area (Å²) in [6.07, 6.45) is 1.84. The average Bonchev–Trinajstić information content (AvgIpc) is 1.97. The highest BCUT2D eigenvalue weighted by Crippen LogP contribution is 2.19. The topological polar surface area (TPSA) is 58.6 Å². The van der Waals surface area contributed by atoms with Gasteiger partial charge in [-0.15, -0.1) is 0 Å². The predicted molar refractivity (Wildman–Crippen MR) is 57.5 cm³/mol. The molecular formula is C11H21NO3. The van der Waals surface area contributed by atoms with Gasteiger partial charge in [-0.3, -0.25) is 4.79 Å². The normalized spacial score (nSPS) is 25.9. The van der Waals surface area contributed by atoms with Crippen LogP contribution < -0.4 is 5.32 Å². The van der Waals surface area contributed by atoms with Gasteiger partial charge in [0.05, 0.1) is 12.5 Å². The van der Waals surface area contributed by atoms with Gasteiger partial charge in [0.15, 0.2) is 0 Å². The van der Waals surface area contributed by atoms with Crippen LogP contribution in [0.4, 0.5) is 0 Å². The van der Waals surface area contributed by atoms with Gasteiger partial charge < -0.3 is 15.2 Å². The Morgan fingerprint density at radius 3 is 2.53 bits per heavy atom. The first-order valence-electron chi connectivity index (χ1n) is 5.50. The van der Waals surface area contributed by atoms with E-state index >= 15 is 0 Å². The highest BCUT2D eigenvalue weighted by atomic mass is 16.6. The van der Waals surface area contributed by atoms with E-state index in [-0.39, 0.29) is 12.1 Å². The molecule has 0 bridgehead atoms. The fraction of sp³-hybridized carbons (Fsp3) is 0.909. The number of carbonyl (C=O) groups is 1. The Hall–Kier alpha value is -0.610. The maximum Gasteiger partial charge on any atom is 0.307 e. The number of hydrogen-bond acceptors (Lipinski definition) is 4. The molecule has 0 aromatic carbocycles. The minimum atomic E-state index is -0.399. The quantitative estimate of drug-likeness (QED) is 0.682.